The van der Waals surface area contributed by atoms with Crippen LogP contribution in [-0.4, -0.2) is 37.6 Å². The van der Waals surface area contributed by atoms with Crippen molar-refractivity contribution in [2.24, 2.45) is 0 Å². The summed E-state index contributed by atoms with van der Waals surface area (Å²) in [5, 5.41) is 16.9. The molecule has 0 spiro atoms. The molecule has 112 valence electrons. The lowest BCUT2D eigenvalue weighted by atomic mass is 10.1. The highest BCUT2D eigenvalue weighted by atomic mass is 32.1. The van der Waals surface area contributed by atoms with E-state index < -0.39 is 6.04 Å². The van der Waals surface area contributed by atoms with Crippen LogP contribution in [0.3, 0.4) is 0 Å². The molecule has 1 amide bonds. The molecule has 0 aliphatic heterocycles. The number of hydrogen-bond acceptors (Lipinski definition) is 6. The lowest BCUT2D eigenvalue weighted by molar-refractivity contribution is -0.123. The normalized spacial score (nSPS) is 12.0. The van der Waals surface area contributed by atoms with E-state index in [1.165, 1.54) is 11.0 Å². The third kappa shape index (κ3) is 3.34. The van der Waals surface area contributed by atoms with Gasteiger partial charge in [-0.3, -0.25) is 4.79 Å². The van der Waals surface area contributed by atoms with Gasteiger partial charge in [-0.1, -0.05) is 30.3 Å². The fraction of sp³-hybridized carbons (Fsp3) is 0.214. The van der Waals surface area contributed by atoms with Gasteiger partial charge in [0.2, 0.25) is 5.91 Å². The van der Waals surface area contributed by atoms with Crippen molar-refractivity contribution < 1.29 is 4.79 Å². The maximum atomic E-state index is 12.5. The molecule has 3 aromatic rings. The zero-order chi connectivity index (χ0) is 15.2. The van der Waals surface area contributed by atoms with Gasteiger partial charge < -0.3 is 5.32 Å². The second-order valence-corrected chi connectivity index (χ2v) is 5.55. The summed E-state index contributed by atoms with van der Waals surface area (Å²) in [5.41, 5.74) is 0.835. The minimum Gasteiger partial charge on any atom is -0.354 e. The summed E-state index contributed by atoms with van der Waals surface area (Å²) in [4.78, 5) is 16.7. The fourth-order valence-corrected chi connectivity index (χ4v) is 2.73. The van der Waals surface area contributed by atoms with E-state index in [4.69, 9.17) is 0 Å². The zero-order valence-electron chi connectivity index (χ0n) is 11.7. The van der Waals surface area contributed by atoms with Crippen molar-refractivity contribution in [2.45, 2.75) is 12.5 Å². The molecule has 1 N–H and O–H groups in total. The summed E-state index contributed by atoms with van der Waals surface area (Å²) in [6.45, 7) is 0.526. The Bertz CT molecular complexity index is 698. The molecular weight excluding hydrogens is 300 g/mol. The molecule has 1 atom stereocenters. The molecule has 2 aromatic heterocycles. The van der Waals surface area contributed by atoms with Crippen molar-refractivity contribution in [3.63, 3.8) is 0 Å². The Kier molecular flexibility index (Phi) is 4.50. The molecule has 8 heteroatoms. The first-order chi connectivity index (χ1) is 10.8. The van der Waals surface area contributed by atoms with Crippen LogP contribution in [0, 0.1) is 0 Å². The van der Waals surface area contributed by atoms with Gasteiger partial charge in [-0.05, 0) is 16.0 Å². The number of hydrogen-bond donors (Lipinski definition) is 1. The topological polar surface area (TPSA) is 85.6 Å². The van der Waals surface area contributed by atoms with Crippen LogP contribution in [0.2, 0.25) is 0 Å². The number of amides is 1. The number of nitrogens with zero attached hydrogens (tertiary/aromatic N) is 5. The molecular formula is C14H14N6OS. The number of aromatic nitrogens is 5. The number of carbonyl (C=O) groups excluding carboxylic acids is 1. The number of tetrazole rings is 1. The van der Waals surface area contributed by atoms with Gasteiger partial charge in [0.15, 0.2) is 6.04 Å². The van der Waals surface area contributed by atoms with Crippen LogP contribution in [-0.2, 0) is 11.2 Å². The van der Waals surface area contributed by atoms with Crippen molar-refractivity contribution in [1.29, 1.82) is 0 Å². The Morgan fingerprint density at radius 3 is 2.86 bits per heavy atom. The van der Waals surface area contributed by atoms with E-state index in [1.54, 1.807) is 17.5 Å². The molecule has 0 saturated heterocycles. The van der Waals surface area contributed by atoms with E-state index in [1.807, 2.05) is 35.7 Å². The van der Waals surface area contributed by atoms with Gasteiger partial charge in [0, 0.05) is 24.5 Å². The minimum atomic E-state index is -0.576. The summed E-state index contributed by atoms with van der Waals surface area (Å²) in [6, 6.07) is 8.86. The fourth-order valence-electron chi connectivity index (χ4n) is 2.11. The molecule has 0 saturated carbocycles. The first-order valence-electron chi connectivity index (χ1n) is 6.78. The molecule has 2 heterocycles. The lowest BCUT2D eigenvalue weighted by Crippen LogP contribution is -2.34. The molecule has 0 fully saturated rings. The maximum absolute atomic E-state index is 12.5. The molecule has 0 radical (unpaired) electrons. The van der Waals surface area contributed by atoms with E-state index in [9.17, 15) is 4.79 Å². The molecule has 22 heavy (non-hydrogen) atoms. The van der Waals surface area contributed by atoms with Crippen molar-refractivity contribution >= 4 is 17.2 Å². The first-order valence-corrected chi connectivity index (χ1v) is 7.66. The maximum Gasteiger partial charge on any atom is 0.249 e. The van der Waals surface area contributed by atoms with Gasteiger partial charge in [-0.2, -0.15) is 0 Å². The van der Waals surface area contributed by atoms with Gasteiger partial charge in [-0.25, -0.2) is 9.67 Å². The summed E-state index contributed by atoms with van der Waals surface area (Å²) >= 11 is 1.58. The van der Waals surface area contributed by atoms with E-state index in [0.29, 0.717) is 13.0 Å². The second kappa shape index (κ2) is 6.90. The summed E-state index contributed by atoms with van der Waals surface area (Å²) < 4.78 is 1.45. The van der Waals surface area contributed by atoms with E-state index >= 15 is 0 Å². The van der Waals surface area contributed by atoms with Crippen molar-refractivity contribution in [3.8, 4) is 0 Å². The third-order valence-corrected chi connectivity index (χ3v) is 3.95. The van der Waals surface area contributed by atoms with E-state index in [0.717, 1.165) is 10.6 Å². The Balaban J connectivity index is 1.70. The number of rotatable bonds is 6. The largest absolute Gasteiger partial charge is 0.354 e. The van der Waals surface area contributed by atoms with Crippen LogP contribution < -0.4 is 5.32 Å². The Morgan fingerprint density at radius 1 is 1.32 bits per heavy atom. The minimum absolute atomic E-state index is 0.143. The number of nitrogens with one attached hydrogen (secondary N) is 1. The SMILES string of the molecule is O=C(NCCc1nccs1)[C@H](c1ccccc1)n1cnnn1. The molecule has 1 aromatic carbocycles. The Hall–Kier alpha value is -2.61. The van der Waals surface area contributed by atoms with Crippen LogP contribution in [0.15, 0.2) is 48.2 Å². The summed E-state index contributed by atoms with van der Waals surface area (Å²) in [5.74, 6) is -0.143. The molecule has 0 bridgehead atoms. The monoisotopic (exact) mass is 314 g/mol. The van der Waals surface area contributed by atoms with Crippen LogP contribution >= 0.6 is 11.3 Å². The van der Waals surface area contributed by atoms with Gasteiger partial charge in [0.25, 0.3) is 0 Å². The third-order valence-electron chi connectivity index (χ3n) is 3.11. The highest BCUT2D eigenvalue weighted by Crippen LogP contribution is 2.16. The zero-order valence-corrected chi connectivity index (χ0v) is 12.5. The molecule has 0 aliphatic carbocycles. The summed E-state index contributed by atoms with van der Waals surface area (Å²) in [6.07, 6.45) is 3.91. The summed E-state index contributed by atoms with van der Waals surface area (Å²) in [7, 11) is 0. The standard InChI is InChI=1S/C14H14N6OS/c21-14(16-7-6-12-15-8-9-22-12)13(20-10-17-18-19-20)11-4-2-1-3-5-11/h1-5,8-10,13H,6-7H2,(H,16,21)/t13-/m0/s1. The lowest BCUT2D eigenvalue weighted by Gasteiger charge is -2.16. The number of carbonyl (C=O) groups is 1. The number of benzene rings is 1. The quantitative estimate of drug-likeness (QED) is 0.736. The van der Waals surface area contributed by atoms with Crippen LogP contribution in [0.5, 0.6) is 0 Å². The molecule has 7 nitrogen and oxygen atoms in total. The highest BCUT2D eigenvalue weighted by Gasteiger charge is 2.23. The van der Waals surface area contributed by atoms with Gasteiger partial charge in [0.1, 0.15) is 6.33 Å². The molecule has 0 aliphatic rings. The van der Waals surface area contributed by atoms with Gasteiger partial charge in [0.05, 0.1) is 5.01 Å². The van der Waals surface area contributed by atoms with Gasteiger partial charge >= 0.3 is 0 Å². The first kappa shape index (κ1) is 14.3. The number of thiazole rings is 1. The average molecular weight is 314 g/mol. The van der Waals surface area contributed by atoms with Crippen molar-refractivity contribution in [2.75, 3.05) is 6.54 Å². The van der Waals surface area contributed by atoms with E-state index in [2.05, 4.69) is 25.8 Å². The average Bonchev–Trinajstić information content (AvgIpc) is 3.22. The molecule has 0 unspecified atom stereocenters. The van der Waals surface area contributed by atoms with Crippen LogP contribution in [0.1, 0.15) is 16.6 Å². The van der Waals surface area contributed by atoms with Crippen molar-refractivity contribution in [1.82, 2.24) is 30.5 Å². The second-order valence-electron chi connectivity index (χ2n) is 4.57. The van der Waals surface area contributed by atoms with Crippen LogP contribution in [0.4, 0.5) is 0 Å². The Morgan fingerprint density at radius 2 is 2.18 bits per heavy atom. The predicted octanol–water partition coefficient (Wildman–Crippen LogP) is 1.08. The molecule has 3 rings (SSSR count). The van der Waals surface area contributed by atoms with Crippen molar-refractivity contribution in [3.05, 3.63) is 58.8 Å². The highest BCUT2D eigenvalue weighted by molar-refractivity contribution is 7.09. The van der Waals surface area contributed by atoms with Gasteiger partial charge in [-0.15, -0.1) is 16.4 Å². The Labute approximate surface area is 131 Å². The van der Waals surface area contributed by atoms with E-state index in [-0.39, 0.29) is 5.91 Å². The smallest absolute Gasteiger partial charge is 0.249 e. The predicted molar refractivity (Wildman–Crippen MR) is 81.2 cm³/mol. The van der Waals surface area contributed by atoms with Crippen LogP contribution in [0.25, 0.3) is 0 Å².